The van der Waals surface area contributed by atoms with E-state index in [1.807, 2.05) is 0 Å². The van der Waals surface area contributed by atoms with E-state index in [0.717, 1.165) is 6.42 Å². The summed E-state index contributed by atoms with van der Waals surface area (Å²) in [7, 11) is -2.80. The molecule has 1 fully saturated rings. The molecular weight excluding hydrogens is 417 g/mol. The molecule has 3 aliphatic rings. The molecule has 0 spiro atoms. The molecule has 0 unspecified atom stereocenters. The van der Waals surface area contributed by atoms with Gasteiger partial charge in [-0.25, -0.2) is 0 Å². The summed E-state index contributed by atoms with van der Waals surface area (Å²) in [5, 5.41) is 3.33. The van der Waals surface area contributed by atoms with Crippen molar-refractivity contribution in [2.45, 2.75) is 83.2 Å². The number of hydrogen-bond acceptors (Lipinski definition) is 0. The van der Waals surface area contributed by atoms with E-state index in [0.29, 0.717) is 5.92 Å². The van der Waals surface area contributed by atoms with Crippen LogP contribution in [-0.2, 0) is 11.8 Å². The highest BCUT2D eigenvalue weighted by Crippen LogP contribution is 2.51. The van der Waals surface area contributed by atoms with Crippen molar-refractivity contribution in [3.63, 3.8) is 0 Å². The van der Waals surface area contributed by atoms with Gasteiger partial charge in [-0.15, -0.1) is 0 Å². The van der Waals surface area contributed by atoms with Gasteiger partial charge >= 0.3 is 0 Å². The van der Waals surface area contributed by atoms with E-state index in [1.165, 1.54) is 43.2 Å². The van der Waals surface area contributed by atoms with Crippen molar-refractivity contribution in [1.29, 1.82) is 0 Å². The number of benzene rings is 2. The van der Waals surface area contributed by atoms with Crippen LogP contribution in [0.2, 0.25) is 39.3 Å². The number of fused-ring (bicyclic) bond motifs is 3. The fourth-order valence-corrected chi connectivity index (χ4v) is 9.59. The first kappa shape index (κ1) is 22.2. The van der Waals surface area contributed by atoms with Crippen LogP contribution in [0.4, 0.5) is 0 Å². The Labute approximate surface area is 197 Å². The van der Waals surface area contributed by atoms with Crippen molar-refractivity contribution in [2.75, 3.05) is 0 Å². The lowest BCUT2D eigenvalue weighted by molar-refractivity contribution is 0.253. The van der Waals surface area contributed by atoms with E-state index < -0.39 is 16.1 Å². The zero-order valence-corrected chi connectivity index (χ0v) is 23.0. The van der Waals surface area contributed by atoms with Crippen molar-refractivity contribution in [1.82, 2.24) is 0 Å². The summed E-state index contributed by atoms with van der Waals surface area (Å²) in [6.45, 7) is 15.1. The third-order valence-electron chi connectivity index (χ3n) is 8.38. The second-order valence-corrected chi connectivity index (χ2v) is 22.7. The van der Waals surface area contributed by atoms with Crippen LogP contribution in [0.3, 0.4) is 0 Å². The van der Waals surface area contributed by atoms with Crippen LogP contribution >= 0.6 is 0 Å². The average Bonchev–Trinajstić information content (AvgIpc) is 3.40. The highest BCUT2D eigenvalue weighted by Gasteiger charge is 2.45. The highest BCUT2D eigenvalue weighted by molar-refractivity contribution is 6.89. The van der Waals surface area contributed by atoms with E-state index in [2.05, 4.69) is 93.9 Å². The summed E-state index contributed by atoms with van der Waals surface area (Å²) in [4.78, 5) is 0. The topological polar surface area (TPSA) is 0 Å². The quantitative estimate of drug-likeness (QED) is 0.361. The molecule has 32 heavy (non-hydrogen) atoms. The van der Waals surface area contributed by atoms with Crippen LogP contribution in [0.15, 0.2) is 54.6 Å². The summed E-state index contributed by atoms with van der Waals surface area (Å²) in [6, 6.07) is 12.5. The largest absolute Gasteiger partial charge is 0.0779 e. The van der Waals surface area contributed by atoms with Crippen LogP contribution < -0.4 is 10.4 Å². The molecule has 0 aliphatic heterocycles. The molecule has 0 saturated heterocycles. The first-order chi connectivity index (χ1) is 15.1. The Morgan fingerprint density at radius 3 is 2.03 bits per heavy atom. The van der Waals surface area contributed by atoms with Gasteiger partial charge in [-0.3, -0.25) is 0 Å². The molecule has 2 heteroatoms. The molecule has 0 amide bonds. The molecule has 0 aromatic heterocycles. The third kappa shape index (κ3) is 3.55. The van der Waals surface area contributed by atoms with Crippen LogP contribution in [0.1, 0.15) is 48.8 Å². The summed E-state index contributed by atoms with van der Waals surface area (Å²) < 4.78 is 0. The number of allylic oxidation sites excluding steroid dienone is 4. The Bertz CT molecular complexity index is 1090. The minimum atomic E-state index is -1.49. The zero-order chi connectivity index (χ0) is 22.7. The first-order valence-electron chi connectivity index (χ1n) is 12.8. The van der Waals surface area contributed by atoms with E-state index in [9.17, 15) is 0 Å². The molecule has 1 saturated carbocycles. The fourth-order valence-electron chi connectivity index (χ4n) is 6.67. The molecule has 2 aromatic rings. The smallest absolute Gasteiger partial charge is 0.0767 e. The third-order valence-corrected chi connectivity index (χ3v) is 12.5. The van der Waals surface area contributed by atoms with Crippen LogP contribution in [0.5, 0.6) is 0 Å². The molecular formula is C30H40Si2. The second kappa shape index (κ2) is 7.70. The van der Waals surface area contributed by atoms with Crippen molar-refractivity contribution >= 4 is 26.5 Å². The lowest BCUT2D eigenvalue weighted by Gasteiger charge is -2.45. The fraction of sp³-hybridized carbons (Fsp3) is 0.467. The Morgan fingerprint density at radius 2 is 1.41 bits per heavy atom. The second-order valence-electron chi connectivity index (χ2n) is 12.6. The summed E-state index contributed by atoms with van der Waals surface area (Å²) in [5.74, 6) is 0.561. The predicted molar refractivity (Wildman–Crippen MR) is 147 cm³/mol. The molecule has 0 atom stereocenters. The standard InChI is InChI=1S/C30H40Si2/c1-31(2,3)24-14-15-25-22(20-24)21-27-26(25)16-17-28(32(4,5)6)29(27)30(18-10-7-11-19-30)23-12-8-9-13-23/h8-9,12-17,20,23H,7,10-11,18-19,21H2,1-6H3. The molecule has 5 rings (SSSR count). The van der Waals surface area contributed by atoms with E-state index in [1.54, 1.807) is 27.1 Å². The van der Waals surface area contributed by atoms with Crippen molar-refractivity contribution in [3.05, 3.63) is 71.3 Å². The molecule has 0 bridgehead atoms. The molecule has 2 aromatic carbocycles. The van der Waals surface area contributed by atoms with Crippen LogP contribution in [0, 0.1) is 5.92 Å². The highest BCUT2D eigenvalue weighted by atomic mass is 28.3. The molecule has 0 radical (unpaired) electrons. The average molecular weight is 457 g/mol. The Morgan fingerprint density at radius 1 is 0.750 bits per heavy atom. The number of hydrogen-bond donors (Lipinski definition) is 0. The molecule has 168 valence electrons. The molecule has 3 aliphatic carbocycles. The Kier molecular flexibility index (Phi) is 5.33. The maximum atomic E-state index is 2.57. The van der Waals surface area contributed by atoms with E-state index in [4.69, 9.17) is 0 Å². The number of rotatable bonds is 4. The summed E-state index contributed by atoms with van der Waals surface area (Å²) >= 11 is 0. The Hall–Kier alpha value is -1.65. The van der Waals surface area contributed by atoms with E-state index in [-0.39, 0.29) is 5.41 Å². The van der Waals surface area contributed by atoms with Crippen molar-refractivity contribution < 1.29 is 0 Å². The SMILES string of the molecule is C[Si](C)(C)c1ccc2c(c1)Cc1c-2ccc([Si](C)(C)C)c1C1(C2C=CC=C2)CCCCC1. The minimum Gasteiger partial charge on any atom is -0.0767 e. The van der Waals surface area contributed by atoms with Gasteiger partial charge in [0.15, 0.2) is 0 Å². The minimum absolute atomic E-state index is 0.284. The van der Waals surface area contributed by atoms with Gasteiger partial charge in [-0.2, -0.15) is 0 Å². The van der Waals surface area contributed by atoms with Crippen LogP contribution in [0.25, 0.3) is 11.1 Å². The van der Waals surface area contributed by atoms with Gasteiger partial charge in [-0.1, -0.05) is 124 Å². The van der Waals surface area contributed by atoms with Gasteiger partial charge in [-0.05, 0) is 47.1 Å². The maximum absolute atomic E-state index is 2.57. The monoisotopic (exact) mass is 456 g/mol. The van der Waals surface area contributed by atoms with Gasteiger partial charge in [0.2, 0.25) is 0 Å². The van der Waals surface area contributed by atoms with Gasteiger partial charge in [0, 0.05) is 11.3 Å². The lowest BCUT2D eigenvalue weighted by Crippen LogP contribution is -2.48. The van der Waals surface area contributed by atoms with E-state index >= 15 is 0 Å². The van der Waals surface area contributed by atoms with Crippen molar-refractivity contribution in [2.24, 2.45) is 5.92 Å². The summed E-state index contributed by atoms with van der Waals surface area (Å²) in [6.07, 6.45) is 17.6. The van der Waals surface area contributed by atoms with Gasteiger partial charge in [0.1, 0.15) is 0 Å². The van der Waals surface area contributed by atoms with Gasteiger partial charge < -0.3 is 0 Å². The maximum Gasteiger partial charge on any atom is 0.0779 e. The molecule has 0 N–H and O–H groups in total. The Balaban J connectivity index is 1.74. The zero-order valence-electron chi connectivity index (χ0n) is 21.0. The van der Waals surface area contributed by atoms with Crippen LogP contribution in [-0.4, -0.2) is 16.1 Å². The van der Waals surface area contributed by atoms with Gasteiger partial charge in [0.25, 0.3) is 0 Å². The van der Waals surface area contributed by atoms with Crippen molar-refractivity contribution in [3.8, 4) is 11.1 Å². The first-order valence-corrected chi connectivity index (χ1v) is 19.8. The van der Waals surface area contributed by atoms with Gasteiger partial charge in [0.05, 0.1) is 16.1 Å². The normalized spacial score (nSPS) is 19.9. The lowest BCUT2D eigenvalue weighted by atomic mass is 9.61. The molecule has 0 nitrogen and oxygen atoms in total. The summed E-state index contributed by atoms with van der Waals surface area (Å²) in [5.41, 5.74) is 8.37. The predicted octanol–water partition coefficient (Wildman–Crippen LogP) is 7.29. The molecule has 0 heterocycles.